The second-order valence-electron chi connectivity index (χ2n) is 1.75. The maximum Gasteiger partial charge on any atom is 0.413 e. The summed E-state index contributed by atoms with van der Waals surface area (Å²) >= 11 is 0. The Morgan fingerprint density at radius 3 is 3.00 bits per heavy atom. The Morgan fingerprint density at radius 1 is 1.90 bits per heavy atom. The van der Waals surface area contributed by atoms with E-state index >= 15 is 0 Å². The molecule has 5 nitrogen and oxygen atoms in total. The predicted molar refractivity (Wildman–Crippen MR) is 35.0 cm³/mol. The molecule has 0 bridgehead atoms. The number of amides is 1. The molecular formula is C5H7N3O2. The van der Waals surface area contributed by atoms with Crippen LogP contribution in [0.2, 0.25) is 0 Å². The lowest BCUT2D eigenvalue weighted by Crippen LogP contribution is -2.24. The summed E-state index contributed by atoms with van der Waals surface area (Å²) in [6.07, 6.45) is 2.03. The number of imidazole rings is 1. The van der Waals surface area contributed by atoms with Gasteiger partial charge in [0.25, 0.3) is 0 Å². The van der Waals surface area contributed by atoms with Crippen LogP contribution in [0.3, 0.4) is 0 Å². The molecular weight excluding hydrogens is 134 g/mol. The molecule has 0 aromatic carbocycles. The van der Waals surface area contributed by atoms with Crippen molar-refractivity contribution in [3.63, 3.8) is 0 Å². The lowest BCUT2D eigenvalue weighted by Gasteiger charge is -2.06. The highest BCUT2D eigenvalue weighted by molar-refractivity contribution is 5.82. The molecule has 0 radical (unpaired) electrons. The third-order valence-corrected chi connectivity index (χ3v) is 1.09. The molecule has 1 aromatic rings. The standard InChI is InChI=1S/C5H7N3O2/c1-8(5(9)10)4-6-2-3-7-4/h2-3H,1H3,(H,6,7)(H,9,10). The lowest BCUT2D eigenvalue weighted by molar-refractivity contribution is 0.203. The first-order chi connectivity index (χ1) is 4.72. The first-order valence-corrected chi connectivity index (χ1v) is 2.68. The zero-order valence-corrected chi connectivity index (χ0v) is 5.40. The van der Waals surface area contributed by atoms with Gasteiger partial charge in [0.1, 0.15) is 0 Å². The van der Waals surface area contributed by atoms with Crippen LogP contribution in [-0.4, -0.2) is 28.2 Å². The average molecular weight is 141 g/mol. The second-order valence-corrected chi connectivity index (χ2v) is 1.75. The van der Waals surface area contributed by atoms with Crippen LogP contribution in [-0.2, 0) is 0 Å². The molecule has 0 unspecified atom stereocenters. The summed E-state index contributed by atoms with van der Waals surface area (Å²) in [6.45, 7) is 0. The molecule has 5 heteroatoms. The summed E-state index contributed by atoms with van der Waals surface area (Å²) in [6, 6.07) is 0. The summed E-state index contributed by atoms with van der Waals surface area (Å²) in [5, 5.41) is 8.42. The van der Waals surface area contributed by atoms with Gasteiger partial charge in [0.15, 0.2) is 0 Å². The second kappa shape index (κ2) is 2.38. The predicted octanol–water partition coefficient (Wildman–Crippen LogP) is 0.524. The Balaban J connectivity index is 2.77. The van der Waals surface area contributed by atoms with Gasteiger partial charge in [0, 0.05) is 19.4 Å². The minimum absolute atomic E-state index is 0.326. The highest BCUT2D eigenvalue weighted by atomic mass is 16.4. The summed E-state index contributed by atoms with van der Waals surface area (Å²) < 4.78 is 0. The van der Waals surface area contributed by atoms with Crippen molar-refractivity contribution in [3.8, 4) is 0 Å². The molecule has 0 aliphatic heterocycles. The molecule has 1 amide bonds. The minimum Gasteiger partial charge on any atom is -0.465 e. The highest BCUT2D eigenvalue weighted by Crippen LogP contribution is 2.01. The summed E-state index contributed by atoms with van der Waals surface area (Å²) in [5.74, 6) is 0.326. The summed E-state index contributed by atoms with van der Waals surface area (Å²) in [7, 11) is 1.42. The van der Waals surface area contributed by atoms with Gasteiger partial charge in [-0.1, -0.05) is 0 Å². The summed E-state index contributed by atoms with van der Waals surface area (Å²) in [5.41, 5.74) is 0. The molecule has 0 saturated heterocycles. The number of carboxylic acid groups (broad SMARTS) is 1. The van der Waals surface area contributed by atoms with E-state index in [-0.39, 0.29) is 0 Å². The van der Waals surface area contributed by atoms with Crippen molar-refractivity contribution in [2.24, 2.45) is 0 Å². The molecule has 54 valence electrons. The zero-order valence-electron chi connectivity index (χ0n) is 5.40. The van der Waals surface area contributed by atoms with Crippen LogP contribution >= 0.6 is 0 Å². The number of anilines is 1. The van der Waals surface area contributed by atoms with E-state index in [1.54, 1.807) is 6.20 Å². The van der Waals surface area contributed by atoms with Gasteiger partial charge in [0.05, 0.1) is 0 Å². The number of aromatic nitrogens is 2. The van der Waals surface area contributed by atoms with E-state index in [9.17, 15) is 4.79 Å². The maximum atomic E-state index is 10.3. The van der Waals surface area contributed by atoms with E-state index in [1.165, 1.54) is 13.2 Å². The van der Waals surface area contributed by atoms with E-state index in [2.05, 4.69) is 9.97 Å². The molecule has 0 spiro atoms. The lowest BCUT2D eigenvalue weighted by atomic mass is 10.8. The number of hydrogen-bond acceptors (Lipinski definition) is 2. The molecule has 0 aliphatic carbocycles. The molecule has 0 saturated carbocycles. The highest BCUT2D eigenvalue weighted by Gasteiger charge is 2.08. The molecule has 1 heterocycles. The van der Waals surface area contributed by atoms with Crippen molar-refractivity contribution >= 4 is 12.0 Å². The van der Waals surface area contributed by atoms with Gasteiger partial charge in [0.2, 0.25) is 5.95 Å². The number of aromatic amines is 1. The number of hydrogen-bond donors (Lipinski definition) is 2. The van der Waals surface area contributed by atoms with Crippen molar-refractivity contribution < 1.29 is 9.90 Å². The van der Waals surface area contributed by atoms with Crippen LogP contribution in [0.5, 0.6) is 0 Å². The van der Waals surface area contributed by atoms with Crippen LogP contribution < -0.4 is 4.90 Å². The zero-order chi connectivity index (χ0) is 7.56. The van der Waals surface area contributed by atoms with Crippen molar-refractivity contribution in [1.29, 1.82) is 0 Å². The smallest absolute Gasteiger partial charge is 0.413 e. The van der Waals surface area contributed by atoms with E-state index in [0.29, 0.717) is 5.95 Å². The van der Waals surface area contributed by atoms with Gasteiger partial charge in [-0.3, -0.25) is 4.90 Å². The monoisotopic (exact) mass is 141 g/mol. The quantitative estimate of drug-likeness (QED) is 0.599. The Labute approximate surface area is 57.3 Å². The molecule has 0 aliphatic rings. The molecule has 1 rings (SSSR count). The number of carbonyl (C=O) groups is 1. The Hall–Kier alpha value is -1.52. The fraction of sp³-hybridized carbons (Fsp3) is 0.200. The number of nitrogens with zero attached hydrogens (tertiary/aromatic N) is 2. The largest absolute Gasteiger partial charge is 0.465 e. The van der Waals surface area contributed by atoms with Crippen LogP contribution in [0.4, 0.5) is 10.7 Å². The fourth-order valence-electron chi connectivity index (χ4n) is 0.531. The SMILES string of the molecule is CN(C(=O)O)c1ncc[nH]1. The fourth-order valence-corrected chi connectivity index (χ4v) is 0.531. The van der Waals surface area contributed by atoms with Crippen molar-refractivity contribution in [1.82, 2.24) is 9.97 Å². The molecule has 0 atom stereocenters. The first-order valence-electron chi connectivity index (χ1n) is 2.68. The topological polar surface area (TPSA) is 69.2 Å². The normalized spacial score (nSPS) is 9.30. The minimum atomic E-state index is -1.03. The number of rotatable bonds is 1. The Morgan fingerprint density at radius 2 is 2.60 bits per heavy atom. The van der Waals surface area contributed by atoms with Crippen LogP contribution in [0.25, 0.3) is 0 Å². The van der Waals surface area contributed by atoms with E-state index in [1.807, 2.05) is 0 Å². The van der Waals surface area contributed by atoms with Gasteiger partial charge in [-0.2, -0.15) is 0 Å². The van der Waals surface area contributed by atoms with E-state index in [0.717, 1.165) is 4.90 Å². The van der Waals surface area contributed by atoms with Crippen molar-refractivity contribution in [2.45, 2.75) is 0 Å². The van der Waals surface area contributed by atoms with Gasteiger partial charge < -0.3 is 10.1 Å². The first kappa shape index (κ1) is 6.60. The summed E-state index contributed by atoms with van der Waals surface area (Å²) in [4.78, 5) is 17.6. The third kappa shape index (κ3) is 1.07. The maximum absolute atomic E-state index is 10.3. The van der Waals surface area contributed by atoms with Crippen LogP contribution in [0.15, 0.2) is 12.4 Å². The van der Waals surface area contributed by atoms with Gasteiger partial charge in [-0.15, -0.1) is 0 Å². The van der Waals surface area contributed by atoms with E-state index in [4.69, 9.17) is 5.11 Å². The molecule has 1 aromatic heterocycles. The number of nitrogens with one attached hydrogen (secondary N) is 1. The van der Waals surface area contributed by atoms with Gasteiger partial charge >= 0.3 is 6.09 Å². The van der Waals surface area contributed by atoms with Crippen molar-refractivity contribution in [3.05, 3.63) is 12.4 Å². The van der Waals surface area contributed by atoms with Gasteiger partial charge in [-0.05, 0) is 0 Å². The van der Waals surface area contributed by atoms with E-state index < -0.39 is 6.09 Å². The third-order valence-electron chi connectivity index (χ3n) is 1.09. The van der Waals surface area contributed by atoms with Crippen LogP contribution in [0.1, 0.15) is 0 Å². The van der Waals surface area contributed by atoms with Gasteiger partial charge in [-0.25, -0.2) is 9.78 Å². The molecule has 10 heavy (non-hydrogen) atoms. The van der Waals surface area contributed by atoms with Crippen LogP contribution in [0, 0.1) is 0 Å². The Bertz CT molecular complexity index is 219. The average Bonchev–Trinajstić information content (AvgIpc) is 2.36. The van der Waals surface area contributed by atoms with Crippen molar-refractivity contribution in [2.75, 3.05) is 11.9 Å². The molecule has 2 N–H and O–H groups in total. The number of H-pyrrole nitrogens is 1. The molecule has 0 fully saturated rings. The Kier molecular flexibility index (Phi) is 1.57.